The highest BCUT2D eigenvalue weighted by molar-refractivity contribution is 5.66. The zero-order chi connectivity index (χ0) is 13.7. The molecule has 1 aromatic rings. The summed E-state index contributed by atoms with van der Waals surface area (Å²) in [5.74, 6) is 1.05. The Morgan fingerprint density at radius 3 is 2.56 bits per heavy atom. The van der Waals surface area contributed by atoms with Gasteiger partial charge in [-0.3, -0.25) is 0 Å². The van der Waals surface area contributed by atoms with E-state index in [-0.39, 0.29) is 6.10 Å². The zero-order valence-corrected chi connectivity index (χ0v) is 11.8. The van der Waals surface area contributed by atoms with Crippen LogP contribution in [0.3, 0.4) is 0 Å². The Bertz CT molecular complexity index is 381. The summed E-state index contributed by atoms with van der Waals surface area (Å²) >= 11 is 0. The third-order valence-corrected chi connectivity index (χ3v) is 2.64. The van der Waals surface area contributed by atoms with Crippen LogP contribution in [0.2, 0.25) is 0 Å². The Labute approximate surface area is 109 Å². The molecule has 0 aliphatic heterocycles. The molecule has 1 atom stereocenters. The van der Waals surface area contributed by atoms with Crippen LogP contribution < -0.4 is 15.8 Å². The van der Waals surface area contributed by atoms with E-state index in [4.69, 9.17) is 10.5 Å². The number of nitrogens with one attached hydrogen (secondary N) is 1. The summed E-state index contributed by atoms with van der Waals surface area (Å²) < 4.78 is 5.51. The van der Waals surface area contributed by atoms with Crippen LogP contribution in [0.4, 0.5) is 11.5 Å². The van der Waals surface area contributed by atoms with Crippen LogP contribution in [0.25, 0.3) is 0 Å². The predicted molar refractivity (Wildman–Crippen MR) is 73.8 cm³/mol. The standard InChI is InChI=1S/C12H23N5O/c1-8(2)18-12-10(13)11(15-7-16-12)14-6-9(3)17(4)5/h7-9H,6,13H2,1-5H3,(H,14,15,16). The SMILES string of the molecule is CC(C)Oc1ncnc(NCC(C)N(C)C)c1N. The Hall–Kier alpha value is -1.56. The molecule has 18 heavy (non-hydrogen) atoms. The Balaban J connectivity index is 2.72. The first-order valence-corrected chi connectivity index (χ1v) is 6.09. The second-order valence-electron chi connectivity index (χ2n) is 4.80. The molecule has 0 bridgehead atoms. The first-order valence-electron chi connectivity index (χ1n) is 6.09. The van der Waals surface area contributed by atoms with E-state index in [1.807, 2.05) is 27.9 Å². The highest BCUT2D eigenvalue weighted by Gasteiger charge is 2.11. The molecule has 0 saturated carbocycles. The number of aromatic nitrogens is 2. The first kappa shape index (κ1) is 14.5. The van der Waals surface area contributed by atoms with E-state index in [9.17, 15) is 0 Å². The molecule has 1 aromatic heterocycles. The molecule has 1 unspecified atom stereocenters. The minimum absolute atomic E-state index is 0.0377. The van der Waals surface area contributed by atoms with Crippen LogP contribution in [0.15, 0.2) is 6.33 Å². The number of nitrogens with zero attached hydrogens (tertiary/aromatic N) is 3. The normalized spacial score (nSPS) is 12.8. The number of ether oxygens (including phenoxy) is 1. The molecule has 0 saturated heterocycles. The molecule has 0 radical (unpaired) electrons. The summed E-state index contributed by atoms with van der Waals surface area (Å²) in [6, 6.07) is 0.383. The van der Waals surface area contributed by atoms with Crippen molar-refractivity contribution >= 4 is 11.5 Å². The number of nitrogen functional groups attached to an aromatic ring is 1. The molecule has 0 aromatic carbocycles. The topological polar surface area (TPSA) is 76.3 Å². The van der Waals surface area contributed by atoms with Crippen molar-refractivity contribution in [1.29, 1.82) is 0 Å². The van der Waals surface area contributed by atoms with Gasteiger partial charge >= 0.3 is 0 Å². The zero-order valence-electron chi connectivity index (χ0n) is 11.8. The second-order valence-corrected chi connectivity index (χ2v) is 4.80. The van der Waals surface area contributed by atoms with Crippen molar-refractivity contribution in [3.8, 4) is 5.88 Å². The Morgan fingerprint density at radius 2 is 2.00 bits per heavy atom. The van der Waals surface area contributed by atoms with Crippen molar-refractivity contribution in [3.63, 3.8) is 0 Å². The van der Waals surface area contributed by atoms with Crippen molar-refractivity contribution < 1.29 is 4.74 Å². The molecule has 102 valence electrons. The third kappa shape index (κ3) is 4.03. The molecule has 0 amide bonds. The molecule has 1 rings (SSSR count). The monoisotopic (exact) mass is 253 g/mol. The molecule has 3 N–H and O–H groups in total. The summed E-state index contributed by atoms with van der Waals surface area (Å²) in [4.78, 5) is 10.3. The van der Waals surface area contributed by atoms with Gasteiger partial charge in [-0.1, -0.05) is 0 Å². The van der Waals surface area contributed by atoms with Crippen molar-refractivity contribution in [3.05, 3.63) is 6.33 Å². The van der Waals surface area contributed by atoms with E-state index in [0.717, 1.165) is 6.54 Å². The van der Waals surface area contributed by atoms with Crippen LogP contribution in [0, 0.1) is 0 Å². The maximum absolute atomic E-state index is 5.97. The molecule has 0 fully saturated rings. The van der Waals surface area contributed by atoms with Crippen molar-refractivity contribution in [2.45, 2.75) is 32.9 Å². The number of rotatable bonds is 6. The number of anilines is 2. The van der Waals surface area contributed by atoms with E-state index in [1.165, 1.54) is 6.33 Å². The van der Waals surface area contributed by atoms with Crippen molar-refractivity contribution in [1.82, 2.24) is 14.9 Å². The number of nitrogens with two attached hydrogens (primary N) is 1. The average Bonchev–Trinajstić information content (AvgIpc) is 2.29. The van der Waals surface area contributed by atoms with Gasteiger partial charge in [0.2, 0.25) is 5.88 Å². The van der Waals surface area contributed by atoms with E-state index >= 15 is 0 Å². The third-order valence-electron chi connectivity index (χ3n) is 2.64. The highest BCUT2D eigenvalue weighted by Crippen LogP contribution is 2.25. The molecule has 0 spiro atoms. The van der Waals surface area contributed by atoms with Crippen LogP contribution >= 0.6 is 0 Å². The van der Waals surface area contributed by atoms with Crippen LogP contribution in [-0.4, -0.2) is 47.7 Å². The summed E-state index contributed by atoms with van der Waals surface area (Å²) in [6.45, 7) is 6.75. The maximum Gasteiger partial charge on any atom is 0.242 e. The quantitative estimate of drug-likeness (QED) is 0.793. The fraction of sp³-hybridized carbons (Fsp3) is 0.667. The van der Waals surface area contributed by atoms with Crippen molar-refractivity contribution in [2.75, 3.05) is 31.7 Å². The van der Waals surface area contributed by atoms with E-state index in [0.29, 0.717) is 23.4 Å². The Kier molecular flexibility index (Phi) is 5.15. The maximum atomic E-state index is 5.97. The number of hydrogen-bond acceptors (Lipinski definition) is 6. The highest BCUT2D eigenvalue weighted by atomic mass is 16.5. The second kappa shape index (κ2) is 6.39. The molecule has 1 heterocycles. The largest absolute Gasteiger partial charge is 0.473 e. The van der Waals surface area contributed by atoms with Gasteiger partial charge in [0.1, 0.15) is 12.0 Å². The molecular formula is C12H23N5O. The lowest BCUT2D eigenvalue weighted by atomic mass is 10.3. The molecule has 6 heteroatoms. The van der Waals surface area contributed by atoms with Gasteiger partial charge < -0.3 is 20.7 Å². The fourth-order valence-electron chi connectivity index (χ4n) is 1.26. The van der Waals surface area contributed by atoms with Gasteiger partial charge in [0, 0.05) is 12.6 Å². The number of likely N-dealkylation sites (N-methyl/N-ethyl adjacent to an activating group) is 1. The fourth-order valence-corrected chi connectivity index (χ4v) is 1.26. The molecule has 0 aliphatic rings. The summed E-state index contributed by atoms with van der Waals surface area (Å²) in [5, 5.41) is 3.21. The van der Waals surface area contributed by atoms with Crippen molar-refractivity contribution in [2.24, 2.45) is 0 Å². The van der Waals surface area contributed by atoms with Gasteiger partial charge in [0.15, 0.2) is 5.82 Å². The molecular weight excluding hydrogens is 230 g/mol. The molecule has 6 nitrogen and oxygen atoms in total. The van der Waals surface area contributed by atoms with E-state index < -0.39 is 0 Å². The van der Waals surface area contributed by atoms with Gasteiger partial charge in [0.25, 0.3) is 0 Å². The smallest absolute Gasteiger partial charge is 0.242 e. The predicted octanol–water partition coefficient (Wildman–Crippen LogP) is 1.21. The summed E-state index contributed by atoms with van der Waals surface area (Å²) in [6.07, 6.45) is 1.49. The lowest BCUT2D eigenvalue weighted by molar-refractivity contribution is 0.234. The summed E-state index contributed by atoms with van der Waals surface area (Å²) in [7, 11) is 4.06. The average molecular weight is 253 g/mol. The van der Waals surface area contributed by atoms with Gasteiger partial charge in [-0.15, -0.1) is 0 Å². The van der Waals surface area contributed by atoms with Gasteiger partial charge in [0.05, 0.1) is 6.10 Å². The minimum Gasteiger partial charge on any atom is -0.473 e. The van der Waals surface area contributed by atoms with Crippen LogP contribution in [-0.2, 0) is 0 Å². The Morgan fingerprint density at radius 1 is 1.33 bits per heavy atom. The lowest BCUT2D eigenvalue weighted by Crippen LogP contribution is -2.31. The van der Waals surface area contributed by atoms with E-state index in [1.54, 1.807) is 0 Å². The van der Waals surface area contributed by atoms with Crippen LogP contribution in [0.1, 0.15) is 20.8 Å². The van der Waals surface area contributed by atoms with Gasteiger partial charge in [-0.05, 0) is 34.9 Å². The van der Waals surface area contributed by atoms with Crippen LogP contribution in [0.5, 0.6) is 5.88 Å². The number of hydrogen-bond donors (Lipinski definition) is 2. The first-order chi connectivity index (χ1) is 8.41. The molecule has 0 aliphatic carbocycles. The van der Waals surface area contributed by atoms with Gasteiger partial charge in [-0.25, -0.2) is 4.98 Å². The lowest BCUT2D eigenvalue weighted by Gasteiger charge is -2.21. The van der Waals surface area contributed by atoms with Gasteiger partial charge in [-0.2, -0.15) is 4.98 Å². The minimum atomic E-state index is 0.0377. The van der Waals surface area contributed by atoms with E-state index in [2.05, 4.69) is 27.1 Å². The summed E-state index contributed by atoms with van der Waals surface area (Å²) in [5.41, 5.74) is 6.42.